The van der Waals surface area contributed by atoms with Crippen molar-refractivity contribution in [3.05, 3.63) is 54.1 Å². The molecule has 0 aliphatic rings. The Labute approximate surface area is 177 Å². The van der Waals surface area contributed by atoms with Gasteiger partial charge in [0.2, 0.25) is 11.8 Å². The predicted molar refractivity (Wildman–Crippen MR) is 121 cm³/mol. The molecule has 0 aliphatic heterocycles. The molecule has 2 aromatic carbocycles. The van der Waals surface area contributed by atoms with Crippen molar-refractivity contribution < 1.29 is 14.4 Å². The first-order chi connectivity index (χ1) is 14.3. The molecular formula is C23H30N4O3. The normalized spacial score (nSPS) is 11.5. The molecule has 30 heavy (non-hydrogen) atoms. The van der Waals surface area contributed by atoms with Crippen molar-refractivity contribution >= 4 is 34.8 Å². The van der Waals surface area contributed by atoms with Gasteiger partial charge in [0, 0.05) is 34.6 Å². The molecule has 0 saturated carbocycles. The van der Waals surface area contributed by atoms with E-state index in [9.17, 15) is 14.4 Å². The van der Waals surface area contributed by atoms with Crippen LogP contribution in [0.15, 0.2) is 48.5 Å². The zero-order valence-electron chi connectivity index (χ0n) is 17.9. The van der Waals surface area contributed by atoms with Gasteiger partial charge in [-0.2, -0.15) is 0 Å². The lowest BCUT2D eigenvalue weighted by Gasteiger charge is -2.13. The summed E-state index contributed by atoms with van der Waals surface area (Å²) >= 11 is 0. The zero-order valence-corrected chi connectivity index (χ0v) is 17.9. The van der Waals surface area contributed by atoms with Crippen molar-refractivity contribution in [2.45, 2.75) is 40.2 Å². The summed E-state index contributed by atoms with van der Waals surface area (Å²) in [4.78, 5) is 36.2. The number of anilines is 3. The lowest BCUT2D eigenvalue weighted by molar-refractivity contribution is -0.119. The van der Waals surface area contributed by atoms with Gasteiger partial charge >= 0.3 is 0 Å². The van der Waals surface area contributed by atoms with E-state index in [-0.39, 0.29) is 36.2 Å². The van der Waals surface area contributed by atoms with Crippen molar-refractivity contribution in [2.75, 3.05) is 22.5 Å². The summed E-state index contributed by atoms with van der Waals surface area (Å²) in [7, 11) is 0. The van der Waals surface area contributed by atoms with Crippen molar-refractivity contribution in [2.24, 2.45) is 5.92 Å². The summed E-state index contributed by atoms with van der Waals surface area (Å²) in [6, 6.07) is 14.1. The molecule has 0 heterocycles. The Kier molecular flexibility index (Phi) is 8.41. The number of nitrogens with one attached hydrogen (secondary N) is 4. The molecule has 0 aliphatic carbocycles. The van der Waals surface area contributed by atoms with E-state index in [1.165, 1.54) is 0 Å². The van der Waals surface area contributed by atoms with Crippen LogP contribution in [-0.2, 0) is 9.59 Å². The van der Waals surface area contributed by atoms with Gasteiger partial charge in [-0.1, -0.05) is 26.8 Å². The molecule has 3 amide bonds. The van der Waals surface area contributed by atoms with Crippen LogP contribution in [0.2, 0.25) is 0 Å². The van der Waals surface area contributed by atoms with Gasteiger partial charge in [0.05, 0.1) is 6.54 Å². The highest BCUT2D eigenvalue weighted by molar-refractivity contribution is 5.98. The van der Waals surface area contributed by atoms with E-state index in [1.807, 2.05) is 27.7 Å². The van der Waals surface area contributed by atoms with Gasteiger partial charge < -0.3 is 21.3 Å². The van der Waals surface area contributed by atoms with Gasteiger partial charge in [-0.15, -0.1) is 0 Å². The number of amides is 3. The molecule has 1 unspecified atom stereocenters. The van der Waals surface area contributed by atoms with Crippen molar-refractivity contribution in [1.82, 2.24) is 5.32 Å². The number of hydrogen-bond acceptors (Lipinski definition) is 4. The van der Waals surface area contributed by atoms with E-state index >= 15 is 0 Å². The Morgan fingerprint density at radius 1 is 0.867 bits per heavy atom. The molecule has 160 valence electrons. The Morgan fingerprint density at radius 3 is 2.17 bits per heavy atom. The molecule has 4 N–H and O–H groups in total. The van der Waals surface area contributed by atoms with Crippen LogP contribution >= 0.6 is 0 Å². The van der Waals surface area contributed by atoms with Crippen LogP contribution < -0.4 is 21.3 Å². The summed E-state index contributed by atoms with van der Waals surface area (Å²) in [5.74, 6) is -0.531. The SMILES string of the molecule is CCC(C)NC(=O)c1cccc(NC(=O)CNc2ccc(NC(=O)C(C)C)cc2)c1. The molecule has 2 rings (SSSR count). The van der Waals surface area contributed by atoms with Crippen LogP contribution in [0.1, 0.15) is 44.5 Å². The average molecular weight is 411 g/mol. The molecule has 7 nitrogen and oxygen atoms in total. The van der Waals surface area contributed by atoms with E-state index in [0.29, 0.717) is 16.9 Å². The summed E-state index contributed by atoms with van der Waals surface area (Å²) in [5, 5.41) is 11.5. The van der Waals surface area contributed by atoms with Crippen LogP contribution in [0.5, 0.6) is 0 Å². The Morgan fingerprint density at radius 2 is 1.53 bits per heavy atom. The maximum atomic E-state index is 12.2. The van der Waals surface area contributed by atoms with Gasteiger partial charge in [0.15, 0.2) is 0 Å². The third-order valence-corrected chi connectivity index (χ3v) is 4.53. The van der Waals surface area contributed by atoms with Gasteiger partial charge in [-0.3, -0.25) is 14.4 Å². The smallest absolute Gasteiger partial charge is 0.251 e. The average Bonchev–Trinajstić information content (AvgIpc) is 2.73. The molecule has 1 atom stereocenters. The maximum Gasteiger partial charge on any atom is 0.251 e. The minimum Gasteiger partial charge on any atom is -0.376 e. The molecule has 0 saturated heterocycles. The van der Waals surface area contributed by atoms with Crippen LogP contribution in [0, 0.1) is 5.92 Å². The second-order valence-corrected chi connectivity index (χ2v) is 7.49. The molecule has 7 heteroatoms. The fraction of sp³-hybridized carbons (Fsp3) is 0.348. The summed E-state index contributed by atoms with van der Waals surface area (Å²) < 4.78 is 0. The number of hydrogen-bond donors (Lipinski definition) is 4. The number of carbonyl (C=O) groups excluding carboxylic acids is 3. The van der Waals surface area contributed by atoms with E-state index in [0.717, 1.165) is 12.1 Å². The molecule has 0 radical (unpaired) electrons. The molecule has 0 aromatic heterocycles. The predicted octanol–water partition coefficient (Wildman–Crippen LogP) is 3.86. The Hall–Kier alpha value is -3.35. The number of carbonyl (C=O) groups is 3. The molecular weight excluding hydrogens is 380 g/mol. The lowest BCUT2D eigenvalue weighted by Crippen LogP contribution is -2.32. The highest BCUT2D eigenvalue weighted by Gasteiger charge is 2.10. The van der Waals surface area contributed by atoms with Crippen molar-refractivity contribution in [3.63, 3.8) is 0 Å². The van der Waals surface area contributed by atoms with Crippen LogP contribution in [0.3, 0.4) is 0 Å². The standard InChI is InChI=1S/C23H30N4O3/c1-5-16(4)25-23(30)17-7-6-8-20(13-17)26-21(28)14-24-18-9-11-19(12-10-18)27-22(29)15(2)3/h6-13,15-16,24H,5,14H2,1-4H3,(H,25,30)(H,26,28)(H,27,29). The quantitative estimate of drug-likeness (QED) is 0.504. The summed E-state index contributed by atoms with van der Waals surface area (Å²) in [6.45, 7) is 7.68. The monoisotopic (exact) mass is 410 g/mol. The van der Waals surface area contributed by atoms with Crippen LogP contribution in [0.4, 0.5) is 17.1 Å². The van der Waals surface area contributed by atoms with E-state index in [1.54, 1.807) is 48.5 Å². The third kappa shape index (κ3) is 7.24. The minimum atomic E-state index is -0.230. The van der Waals surface area contributed by atoms with Gasteiger partial charge in [0.1, 0.15) is 0 Å². The van der Waals surface area contributed by atoms with E-state index in [4.69, 9.17) is 0 Å². The number of rotatable bonds is 9. The highest BCUT2D eigenvalue weighted by atomic mass is 16.2. The zero-order chi connectivity index (χ0) is 22.1. The van der Waals surface area contributed by atoms with Gasteiger partial charge in [-0.05, 0) is 55.8 Å². The lowest BCUT2D eigenvalue weighted by atomic mass is 10.1. The van der Waals surface area contributed by atoms with Gasteiger partial charge in [0.25, 0.3) is 5.91 Å². The van der Waals surface area contributed by atoms with Crippen molar-refractivity contribution in [1.29, 1.82) is 0 Å². The fourth-order valence-electron chi connectivity index (χ4n) is 2.49. The van der Waals surface area contributed by atoms with E-state index in [2.05, 4.69) is 21.3 Å². The Bertz CT molecular complexity index is 878. The Balaban J connectivity index is 1.87. The second-order valence-electron chi connectivity index (χ2n) is 7.49. The second kappa shape index (κ2) is 11.0. The molecule has 2 aromatic rings. The fourth-order valence-corrected chi connectivity index (χ4v) is 2.49. The van der Waals surface area contributed by atoms with Gasteiger partial charge in [-0.25, -0.2) is 0 Å². The van der Waals surface area contributed by atoms with Crippen LogP contribution in [0.25, 0.3) is 0 Å². The first-order valence-electron chi connectivity index (χ1n) is 10.1. The summed E-state index contributed by atoms with van der Waals surface area (Å²) in [6.07, 6.45) is 0.846. The third-order valence-electron chi connectivity index (χ3n) is 4.53. The van der Waals surface area contributed by atoms with Crippen LogP contribution in [-0.4, -0.2) is 30.3 Å². The topological polar surface area (TPSA) is 99.3 Å². The molecule has 0 fully saturated rings. The molecule has 0 bridgehead atoms. The van der Waals surface area contributed by atoms with Crippen molar-refractivity contribution in [3.8, 4) is 0 Å². The maximum absolute atomic E-state index is 12.2. The first kappa shape index (κ1) is 22.9. The van der Waals surface area contributed by atoms with E-state index < -0.39 is 0 Å². The highest BCUT2D eigenvalue weighted by Crippen LogP contribution is 2.15. The first-order valence-corrected chi connectivity index (χ1v) is 10.1. The minimum absolute atomic E-state index is 0.0462. The largest absolute Gasteiger partial charge is 0.376 e. The summed E-state index contributed by atoms with van der Waals surface area (Å²) in [5.41, 5.74) is 2.52. The molecule has 0 spiro atoms. The number of benzene rings is 2.